The number of anilines is 1. The molecule has 1 aliphatic carbocycles. The third-order valence-electron chi connectivity index (χ3n) is 3.23. The van der Waals surface area contributed by atoms with Gasteiger partial charge in [0.15, 0.2) is 0 Å². The molecule has 0 saturated heterocycles. The second-order valence-corrected chi connectivity index (χ2v) is 5.04. The lowest BCUT2D eigenvalue weighted by atomic mass is 10.2. The van der Waals surface area contributed by atoms with Crippen LogP contribution in [0.1, 0.15) is 25.3 Å². The summed E-state index contributed by atoms with van der Waals surface area (Å²) in [5, 5.41) is 15.3. The van der Waals surface area contributed by atoms with E-state index in [1.165, 1.54) is 12.8 Å². The summed E-state index contributed by atoms with van der Waals surface area (Å²) in [5.74, 6) is 1.34. The molecule has 0 bridgehead atoms. The molecule has 5 heteroatoms. The first-order valence-corrected chi connectivity index (χ1v) is 7.10. The molecule has 1 aromatic rings. The number of ether oxygens (including phenoxy) is 1. The first kappa shape index (κ1) is 14.8. The van der Waals surface area contributed by atoms with Crippen molar-refractivity contribution >= 4 is 11.6 Å². The molecular weight excluding hydrogens is 256 g/mol. The Bertz CT molecular complexity index is 458. The Hall–Kier alpha value is -1.59. The van der Waals surface area contributed by atoms with Gasteiger partial charge in [-0.05, 0) is 50.4 Å². The van der Waals surface area contributed by atoms with E-state index in [4.69, 9.17) is 4.74 Å². The van der Waals surface area contributed by atoms with Crippen LogP contribution in [0, 0.1) is 5.92 Å². The van der Waals surface area contributed by atoms with E-state index in [2.05, 4.69) is 10.6 Å². The monoisotopic (exact) mass is 278 g/mol. The van der Waals surface area contributed by atoms with Gasteiger partial charge < -0.3 is 20.5 Å². The lowest BCUT2D eigenvalue weighted by Gasteiger charge is -2.11. The number of aliphatic hydroxyl groups is 1. The predicted molar refractivity (Wildman–Crippen MR) is 77.8 cm³/mol. The Kier molecular flexibility index (Phi) is 5.38. The lowest BCUT2D eigenvalue weighted by Crippen LogP contribution is -2.29. The van der Waals surface area contributed by atoms with Gasteiger partial charge in [-0.2, -0.15) is 0 Å². The van der Waals surface area contributed by atoms with Gasteiger partial charge in [0.1, 0.15) is 5.75 Å². The van der Waals surface area contributed by atoms with Crippen LogP contribution in [0.2, 0.25) is 0 Å². The number of hydrogen-bond acceptors (Lipinski definition) is 4. The SMILES string of the molecule is CCOc1ccc(NC(=O)CNCC2CC2)cc1CO. The van der Waals surface area contributed by atoms with E-state index in [9.17, 15) is 9.90 Å². The van der Waals surface area contributed by atoms with Crippen molar-refractivity contribution in [2.75, 3.05) is 25.0 Å². The summed E-state index contributed by atoms with van der Waals surface area (Å²) in [6.07, 6.45) is 2.54. The number of carbonyl (C=O) groups is 1. The summed E-state index contributed by atoms with van der Waals surface area (Å²) in [6.45, 7) is 3.56. The van der Waals surface area contributed by atoms with E-state index < -0.39 is 0 Å². The third-order valence-corrected chi connectivity index (χ3v) is 3.23. The largest absolute Gasteiger partial charge is 0.494 e. The van der Waals surface area contributed by atoms with Crippen molar-refractivity contribution in [3.8, 4) is 5.75 Å². The molecule has 1 saturated carbocycles. The van der Waals surface area contributed by atoms with Crippen LogP contribution in [-0.4, -0.2) is 30.7 Å². The predicted octanol–water partition coefficient (Wildman–Crippen LogP) is 1.52. The summed E-state index contributed by atoms with van der Waals surface area (Å²) in [5.41, 5.74) is 1.35. The smallest absolute Gasteiger partial charge is 0.238 e. The second kappa shape index (κ2) is 7.26. The van der Waals surface area contributed by atoms with Crippen molar-refractivity contribution < 1.29 is 14.6 Å². The number of hydrogen-bond donors (Lipinski definition) is 3. The molecule has 2 rings (SSSR count). The van der Waals surface area contributed by atoms with Gasteiger partial charge in [0, 0.05) is 11.3 Å². The molecule has 0 unspecified atom stereocenters. The second-order valence-electron chi connectivity index (χ2n) is 5.04. The van der Waals surface area contributed by atoms with Crippen LogP contribution in [0.15, 0.2) is 18.2 Å². The molecule has 20 heavy (non-hydrogen) atoms. The Morgan fingerprint density at radius 2 is 2.25 bits per heavy atom. The molecular formula is C15H22N2O3. The number of rotatable bonds is 8. The molecule has 0 heterocycles. The first-order chi connectivity index (χ1) is 9.72. The van der Waals surface area contributed by atoms with Gasteiger partial charge in [0.05, 0.1) is 19.8 Å². The van der Waals surface area contributed by atoms with E-state index in [-0.39, 0.29) is 12.5 Å². The first-order valence-electron chi connectivity index (χ1n) is 7.10. The van der Waals surface area contributed by atoms with Gasteiger partial charge in [0.25, 0.3) is 0 Å². The van der Waals surface area contributed by atoms with Crippen LogP contribution in [0.5, 0.6) is 5.75 Å². The summed E-state index contributed by atoms with van der Waals surface area (Å²) in [7, 11) is 0. The van der Waals surface area contributed by atoms with Crippen molar-refractivity contribution in [1.82, 2.24) is 5.32 Å². The summed E-state index contributed by atoms with van der Waals surface area (Å²) >= 11 is 0. The molecule has 3 N–H and O–H groups in total. The fraction of sp³-hybridized carbons (Fsp3) is 0.533. The highest BCUT2D eigenvalue weighted by molar-refractivity contribution is 5.92. The molecule has 110 valence electrons. The maximum Gasteiger partial charge on any atom is 0.238 e. The minimum absolute atomic E-state index is 0.0706. The molecule has 0 spiro atoms. The molecule has 0 aliphatic heterocycles. The van der Waals surface area contributed by atoms with E-state index in [1.54, 1.807) is 18.2 Å². The molecule has 1 aromatic carbocycles. The van der Waals surface area contributed by atoms with E-state index in [1.807, 2.05) is 6.92 Å². The van der Waals surface area contributed by atoms with E-state index >= 15 is 0 Å². The van der Waals surface area contributed by atoms with Crippen LogP contribution in [-0.2, 0) is 11.4 Å². The highest BCUT2D eigenvalue weighted by Crippen LogP contribution is 2.27. The number of aliphatic hydroxyl groups excluding tert-OH is 1. The highest BCUT2D eigenvalue weighted by Gasteiger charge is 2.20. The fourth-order valence-electron chi connectivity index (χ4n) is 1.99. The summed E-state index contributed by atoms with van der Waals surface area (Å²) < 4.78 is 5.40. The quantitative estimate of drug-likeness (QED) is 0.674. The molecule has 1 aliphatic rings. The lowest BCUT2D eigenvalue weighted by molar-refractivity contribution is -0.115. The third kappa shape index (κ3) is 4.51. The van der Waals surface area contributed by atoms with Gasteiger partial charge in [-0.25, -0.2) is 0 Å². The summed E-state index contributed by atoms with van der Waals surface area (Å²) in [6, 6.07) is 5.29. The zero-order chi connectivity index (χ0) is 14.4. The minimum Gasteiger partial charge on any atom is -0.494 e. The van der Waals surface area contributed by atoms with Crippen LogP contribution >= 0.6 is 0 Å². The molecule has 1 amide bonds. The zero-order valence-corrected chi connectivity index (χ0v) is 11.8. The standard InChI is InChI=1S/C15H22N2O3/c1-2-20-14-6-5-13(7-12(14)10-18)17-15(19)9-16-8-11-3-4-11/h5-7,11,16,18H,2-4,8-10H2,1H3,(H,17,19). The molecule has 1 fully saturated rings. The van der Waals surface area contributed by atoms with Gasteiger partial charge in [0.2, 0.25) is 5.91 Å². The number of carbonyl (C=O) groups excluding carboxylic acids is 1. The Morgan fingerprint density at radius 1 is 1.45 bits per heavy atom. The maximum atomic E-state index is 11.8. The molecule has 0 aromatic heterocycles. The molecule has 0 radical (unpaired) electrons. The average molecular weight is 278 g/mol. The van der Waals surface area contributed by atoms with Crippen LogP contribution in [0.25, 0.3) is 0 Å². The van der Waals surface area contributed by atoms with Crippen molar-refractivity contribution in [1.29, 1.82) is 0 Å². The molecule has 0 atom stereocenters. The zero-order valence-electron chi connectivity index (χ0n) is 11.8. The number of benzene rings is 1. The number of amides is 1. The summed E-state index contributed by atoms with van der Waals surface area (Å²) in [4.78, 5) is 11.8. The van der Waals surface area contributed by atoms with Gasteiger partial charge in [-0.15, -0.1) is 0 Å². The Balaban J connectivity index is 1.85. The van der Waals surface area contributed by atoms with Crippen LogP contribution in [0.3, 0.4) is 0 Å². The van der Waals surface area contributed by atoms with Crippen LogP contribution < -0.4 is 15.4 Å². The van der Waals surface area contributed by atoms with Gasteiger partial charge >= 0.3 is 0 Å². The molecule has 5 nitrogen and oxygen atoms in total. The van der Waals surface area contributed by atoms with Crippen molar-refractivity contribution in [2.24, 2.45) is 5.92 Å². The van der Waals surface area contributed by atoms with Crippen LogP contribution in [0.4, 0.5) is 5.69 Å². The minimum atomic E-state index is -0.112. The van der Waals surface area contributed by atoms with E-state index in [0.717, 1.165) is 12.5 Å². The Labute approximate surface area is 119 Å². The topological polar surface area (TPSA) is 70.6 Å². The normalized spacial score (nSPS) is 14.1. The maximum absolute atomic E-state index is 11.8. The Morgan fingerprint density at radius 3 is 2.90 bits per heavy atom. The van der Waals surface area contributed by atoms with Crippen molar-refractivity contribution in [3.05, 3.63) is 23.8 Å². The van der Waals surface area contributed by atoms with Crippen molar-refractivity contribution in [2.45, 2.75) is 26.4 Å². The van der Waals surface area contributed by atoms with Gasteiger partial charge in [-0.1, -0.05) is 0 Å². The van der Waals surface area contributed by atoms with Gasteiger partial charge in [-0.3, -0.25) is 4.79 Å². The average Bonchev–Trinajstić information content (AvgIpc) is 3.25. The van der Waals surface area contributed by atoms with Crippen molar-refractivity contribution in [3.63, 3.8) is 0 Å². The highest BCUT2D eigenvalue weighted by atomic mass is 16.5. The fourth-order valence-corrected chi connectivity index (χ4v) is 1.99. The van der Waals surface area contributed by atoms with E-state index in [0.29, 0.717) is 30.2 Å². The number of nitrogens with one attached hydrogen (secondary N) is 2.